The molecular formula is C10H14BrN3O. The van der Waals surface area contributed by atoms with Crippen LogP contribution in [-0.4, -0.2) is 34.5 Å². The SMILES string of the molecule is CCOc1ccnc(N2CCC(Br)C2)n1. The summed E-state index contributed by atoms with van der Waals surface area (Å²) in [5.74, 6) is 1.42. The van der Waals surface area contributed by atoms with Crippen molar-refractivity contribution in [3.05, 3.63) is 12.3 Å². The van der Waals surface area contributed by atoms with Crippen molar-refractivity contribution in [2.75, 3.05) is 24.6 Å². The second-order valence-corrected chi connectivity index (χ2v) is 4.75. The maximum atomic E-state index is 5.34. The summed E-state index contributed by atoms with van der Waals surface area (Å²) < 4.78 is 5.34. The molecule has 0 radical (unpaired) electrons. The van der Waals surface area contributed by atoms with E-state index in [2.05, 4.69) is 30.8 Å². The predicted molar refractivity (Wildman–Crippen MR) is 62.7 cm³/mol. The van der Waals surface area contributed by atoms with E-state index in [4.69, 9.17) is 4.74 Å². The fraction of sp³-hybridized carbons (Fsp3) is 0.600. The first-order chi connectivity index (χ1) is 7.29. The Morgan fingerprint density at radius 2 is 2.53 bits per heavy atom. The Kier molecular flexibility index (Phi) is 3.41. The van der Waals surface area contributed by atoms with Crippen molar-refractivity contribution in [2.45, 2.75) is 18.2 Å². The highest BCUT2D eigenvalue weighted by Gasteiger charge is 2.22. The molecule has 5 heteroatoms. The summed E-state index contributed by atoms with van der Waals surface area (Å²) in [6, 6.07) is 1.79. The molecule has 1 unspecified atom stereocenters. The molecule has 0 aliphatic carbocycles. The number of anilines is 1. The second kappa shape index (κ2) is 4.79. The maximum absolute atomic E-state index is 5.34. The Morgan fingerprint density at radius 1 is 1.67 bits per heavy atom. The van der Waals surface area contributed by atoms with E-state index >= 15 is 0 Å². The smallest absolute Gasteiger partial charge is 0.228 e. The number of hydrogen-bond donors (Lipinski definition) is 0. The van der Waals surface area contributed by atoms with Crippen LogP contribution < -0.4 is 9.64 Å². The van der Waals surface area contributed by atoms with Crippen molar-refractivity contribution in [1.82, 2.24) is 9.97 Å². The lowest BCUT2D eigenvalue weighted by Gasteiger charge is -2.15. The molecule has 1 aliphatic heterocycles. The topological polar surface area (TPSA) is 38.2 Å². The zero-order valence-corrected chi connectivity index (χ0v) is 10.3. The van der Waals surface area contributed by atoms with Gasteiger partial charge in [0, 0.05) is 30.2 Å². The molecule has 0 saturated carbocycles. The zero-order valence-electron chi connectivity index (χ0n) is 8.69. The van der Waals surface area contributed by atoms with Gasteiger partial charge in [-0.05, 0) is 13.3 Å². The third-order valence-electron chi connectivity index (χ3n) is 2.32. The van der Waals surface area contributed by atoms with Crippen LogP contribution in [0.2, 0.25) is 0 Å². The number of aromatic nitrogens is 2. The highest BCUT2D eigenvalue weighted by atomic mass is 79.9. The van der Waals surface area contributed by atoms with E-state index in [0.29, 0.717) is 17.3 Å². The Labute approximate surface area is 97.8 Å². The van der Waals surface area contributed by atoms with E-state index in [1.807, 2.05) is 6.92 Å². The minimum absolute atomic E-state index is 0.553. The number of hydrogen-bond acceptors (Lipinski definition) is 4. The fourth-order valence-corrected chi connectivity index (χ4v) is 2.17. The average Bonchev–Trinajstić information content (AvgIpc) is 2.66. The number of nitrogens with zero attached hydrogens (tertiary/aromatic N) is 3. The lowest BCUT2D eigenvalue weighted by Crippen LogP contribution is -2.22. The molecule has 2 heterocycles. The van der Waals surface area contributed by atoms with Crippen molar-refractivity contribution in [3.8, 4) is 5.88 Å². The molecule has 0 N–H and O–H groups in total. The van der Waals surface area contributed by atoms with Crippen LogP contribution in [0.5, 0.6) is 5.88 Å². The van der Waals surface area contributed by atoms with Gasteiger partial charge in [0.05, 0.1) is 6.61 Å². The van der Waals surface area contributed by atoms with Crippen LogP contribution in [0.15, 0.2) is 12.3 Å². The number of ether oxygens (including phenoxy) is 1. The normalized spacial score (nSPS) is 20.7. The summed E-state index contributed by atoms with van der Waals surface area (Å²) in [7, 11) is 0. The van der Waals surface area contributed by atoms with Crippen LogP contribution in [0, 0.1) is 0 Å². The van der Waals surface area contributed by atoms with E-state index in [-0.39, 0.29) is 0 Å². The van der Waals surface area contributed by atoms with Gasteiger partial charge < -0.3 is 9.64 Å². The minimum Gasteiger partial charge on any atom is -0.478 e. The summed E-state index contributed by atoms with van der Waals surface area (Å²) >= 11 is 3.60. The molecule has 1 atom stereocenters. The molecule has 0 amide bonds. The van der Waals surface area contributed by atoms with E-state index in [1.165, 1.54) is 0 Å². The molecule has 2 rings (SSSR count). The van der Waals surface area contributed by atoms with Crippen LogP contribution in [0.25, 0.3) is 0 Å². The van der Waals surface area contributed by atoms with Gasteiger partial charge in [-0.25, -0.2) is 4.98 Å². The molecule has 4 nitrogen and oxygen atoms in total. The van der Waals surface area contributed by atoms with E-state index in [1.54, 1.807) is 12.3 Å². The molecule has 1 fully saturated rings. The Morgan fingerprint density at radius 3 is 3.20 bits per heavy atom. The van der Waals surface area contributed by atoms with Crippen molar-refractivity contribution >= 4 is 21.9 Å². The van der Waals surface area contributed by atoms with E-state index in [0.717, 1.165) is 25.5 Å². The molecule has 0 aromatic carbocycles. The van der Waals surface area contributed by atoms with Crippen molar-refractivity contribution in [2.24, 2.45) is 0 Å². The van der Waals surface area contributed by atoms with E-state index in [9.17, 15) is 0 Å². The lowest BCUT2D eigenvalue weighted by atomic mass is 10.4. The first-order valence-corrected chi connectivity index (χ1v) is 6.06. The second-order valence-electron chi connectivity index (χ2n) is 3.46. The van der Waals surface area contributed by atoms with Crippen LogP contribution in [0.3, 0.4) is 0 Å². The molecule has 1 aliphatic rings. The Balaban J connectivity index is 2.10. The van der Waals surface area contributed by atoms with Crippen LogP contribution in [0.1, 0.15) is 13.3 Å². The third-order valence-corrected chi connectivity index (χ3v) is 3.07. The van der Waals surface area contributed by atoms with Gasteiger partial charge >= 0.3 is 0 Å². The van der Waals surface area contributed by atoms with Gasteiger partial charge in [-0.15, -0.1) is 0 Å². The third kappa shape index (κ3) is 2.59. The van der Waals surface area contributed by atoms with Crippen molar-refractivity contribution < 1.29 is 4.74 Å². The van der Waals surface area contributed by atoms with Gasteiger partial charge in [0.25, 0.3) is 0 Å². The van der Waals surface area contributed by atoms with Gasteiger partial charge in [-0.2, -0.15) is 4.98 Å². The highest BCUT2D eigenvalue weighted by molar-refractivity contribution is 9.09. The lowest BCUT2D eigenvalue weighted by molar-refractivity contribution is 0.326. The van der Waals surface area contributed by atoms with Gasteiger partial charge in [0.1, 0.15) is 0 Å². The molecule has 0 spiro atoms. The molecule has 1 saturated heterocycles. The molecule has 0 bridgehead atoms. The molecule has 1 aromatic rings. The van der Waals surface area contributed by atoms with Gasteiger partial charge in [-0.1, -0.05) is 15.9 Å². The maximum Gasteiger partial charge on any atom is 0.228 e. The summed E-state index contributed by atoms with van der Waals surface area (Å²) in [5.41, 5.74) is 0. The Hall–Kier alpha value is -0.840. The van der Waals surface area contributed by atoms with E-state index < -0.39 is 0 Å². The molecular weight excluding hydrogens is 258 g/mol. The average molecular weight is 272 g/mol. The Bertz CT molecular complexity index is 334. The van der Waals surface area contributed by atoms with Crippen molar-refractivity contribution in [3.63, 3.8) is 0 Å². The van der Waals surface area contributed by atoms with Crippen molar-refractivity contribution in [1.29, 1.82) is 0 Å². The highest BCUT2D eigenvalue weighted by Crippen LogP contribution is 2.21. The number of alkyl halides is 1. The summed E-state index contributed by atoms with van der Waals surface area (Å²) in [4.78, 5) is 11.3. The quantitative estimate of drug-likeness (QED) is 0.787. The minimum atomic E-state index is 0.553. The van der Waals surface area contributed by atoms with Gasteiger partial charge in [-0.3, -0.25) is 0 Å². The van der Waals surface area contributed by atoms with Crippen LogP contribution in [0.4, 0.5) is 5.95 Å². The summed E-state index contributed by atoms with van der Waals surface area (Å²) in [6.07, 6.45) is 2.89. The number of halogens is 1. The zero-order chi connectivity index (χ0) is 10.7. The number of rotatable bonds is 3. The monoisotopic (exact) mass is 271 g/mol. The van der Waals surface area contributed by atoms with Crippen LogP contribution >= 0.6 is 15.9 Å². The summed E-state index contributed by atoms with van der Waals surface area (Å²) in [6.45, 7) is 4.56. The standard InChI is InChI=1S/C10H14BrN3O/c1-2-15-9-3-5-12-10(13-9)14-6-4-8(11)7-14/h3,5,8H,2,4,6-7H2,1H3. The molecule has 82 valence electrons. The van der Waals surface area contributed by atoms with Gasteiger partial charge in [0.15, 0.2) is 0 Å². The fourth-order valence-electron chi connectivity index (χ4n) is 1.61. The van der Waals surface area contributed by atoms with Gasteiger partial charge in [0.2, 0.25) is 11.8 Å². The largest absolute Gasteiger partial charge is 0.478 e. The predicted octanol–water partition coefficient (Wildman–Crippen LogP) is 1.85. The molecule has 1 aromatic heterocycles. The molecule has 15 heavy (non-hydrogen) atoms. The first kappa shape index (κ1) is 10.7. The first-order valence-electron chi connectivity index (χ1n) is 5.14. The van der Waals surface area contributed by atoms with Crippen LogP contribution in [-0.2, 0) is 0 Å². The summed E-state index contributed by atoms with van der Waals surface area (Å²) in [5, 5.41) is 0.